The van der Waals surface area contributed by atoms with Crippen LogP contribution >= 0.6 is 0 Å². The molecule has 32 heavy (non-hydrogen) atoms. The first-order valence-corrected chi connectivity index (χ1v) is 11.9. The van der Waals surface area contributed by atoms with Crippen molar-refractivity contribution in [1.29, 1.82) is 0 Å². The molecule has 0 spiro atoms. The SMILES string of the molecule is CN(C)CC(C)(C)Oc1ccc(C2CC(c3ccccc3)CC(c3ccccc3)C2)cc1. The van der Waals surface area contributed by atoms with Crippen LogP contribution in [-0.2, 0) is 0 Å². The van der Waals surface area contributed by atoms with E-state index in [9.17, 15) is 0 Å². The van der Waals surface area contributed by atoms with E-state index in [1.165, 1.54) is 36.0 Å². The van der Waals surface area contributed by atoms with E-state index in [1.807, 2.05) is 0 Å². The van der Waals surface area contributed by atoms with Crippen LogP contribution in [0.5, 0.6) is 5.75 Å². The Labute approximate surface area is 194 Å². The lowest BCUT2D eigenvalue weighted by atomic mass is 9.68. The quantitative estimate of drug-likeness (QED) is 0.394. The van der Waals surface area contributed by atoms with Crippen LogP contribution in [0, 0.1) is 0 Å². The van der Waals surface area contributed by atoms with E-state index in [4.69, 9.17) is 4.74 Å². The van der Waals surface area contributed by atoms with Crippen LogP contribution in [0.15, 0.2) is 84.9 Å². The summed E-state index contributed by atoms with van der Waals surface area (Å²) in [6.07, 6.45) is 3.64. The molecule has 0 amide bonds. The van der Waals surface area contributed by atoms with E-state index in [0.717, 1.165) is 12.3 Å². The number of benzene rings is 3. The Morgan fingerprint density at radius 2 is 1.06 bits per heavy atom. The molecule has 1 saturated carbocycles. The summed E-state index contributed by atoms with van der Waals surface area (Å²) in [6, 6.07) is 31.1. The number of rotatable bonds is 7. The van der Waals surface area contributed by atoms with Gasteiger partial charge in [-0.3, -0.25) is 0 Å². The molecule has 168 valence electrons. The predicted octanol–water partition coefficient (Wildman–Crippen LogP) is 7.24. The predicted molar refractivity (Wildman–Crippen MR) is 135 cm³/mol. The monoisotopic (exact) mass is 427 g/mol. The van der Waals surface area contributed by atoms with Crippen molar-refractivity contribution >= 4 is 0 Å². The van der Waals surface area contributed by atoms with Crippen molar-refractivity contribution in [1.82, 2.24) is 4.90 Å². The molecule has 0 saturated heterocycles. The Kier molecular flexibility index (Phi) is 7.01. The highest BCUT2D eigenvalue weighted by atomic mass is 16.5. The number of hydrogen-bond acceptors (Lipinski definition) is 2. The van der Waals surface area contributed by atoms with Crippen LogP contribution < -0.4 is 4.74 Å². The van der Waals surface area contributed by atoms with E-state index in [0.29, 0.717) is 17.8 Å². The zero-order valence-electron chi connectivity index (χ0n) is 20.0. The third-order valence-electron chi connectivity index (χ3n) is 6.69. The Bertz CT molecular complexity index is 915. The van der Waals surface area contributed by atoms with Crippen LogP contribution in [0.4, 0.5) is 0 Å². The van der Waals surface area contributed by atoms with Gasteiger partial charge in [0, 0.05) is 6.54 Å². The van der Waals surface area contributed by atoms with E-state index in [-0.39, 0.29) is 5.60 Å². The average Bonchev–Trinajstić information content (AvgIpc) is 2.79. The van der Waals surface area contributed by atoms with Gasteiger partial charge in [0.15, 0.2) is 0 Å². The zero-order valence-corrected chi connectivity index (χ0v) is 20.0. The summed E-state index contributed by atoms with van der Waals surface area (Å²) in [4.78, 5) is 2.17. The molecule has 1 aliphatic rings. The molecule has 3 aromatic rings. The fourth-order valence-electron chi connectivity index (χ4n) is 5.51. The topological polar surface area (TPSA) is 12.5 Å². The summed E-state index contributed by atoms with van der Waals surface area (Å²) in [5, 5.41) is 0. The lowest BCUT2D eigenvalue weighted by Gasteiger charge is -2.36. The molecule has 2 atom stereocenters. The Morgan fingerprint density at radius 1 is 0.656 bits per heavy atom. The molecular formula is C30H37NO. The third kappa shape index (κ3) is 5.81. The molecule has 0 radical (unpaired) electrons. The summed E-state index contributed by atoms with van der Waals surface area (Å²) in [5.74, 6) is 2.70. The van der Waals surface area contributed by atoms with Gasteiger partial charge in [-0.25, -0.2) is 0 Å². The molecule has 1 fully saturated rings. The number of nitrogens with zero attached hydrogens (tertiary/aromatic N) is 1. The highest BCUT2D eigenvalue weighted by molar-refractivity contribution is 5.33. The van der Waals surface area contributed by atoms with Crippen LogP contribution in [-0.4, -0.2) is 31.1 Å². The molecule has 0 aromatic heterocycles. The molecular weight excluding hydrogens is 390 g/mol. The Balaban J connectivity index is 1.54. The lowest BCUT2D eigenvalue weighted by Crippen LogP contribution is -2.39. The van der Waals surface area contributed by atoms with E-state index in [1.54, 1.807) is 0 Å². The van der Waals surface area contributed by atoms with Gasteiger partial charge in [-0.2, -0.15) is 0 Å². The molecule has 0 N–H and O–H groups in total. The number of ether oxygens (including phenoxy) is 1. The van der Waals surface area contributed by atoms with Crippen molar-refractivity contribution in [3.8, 4) is 5.75 Å². The maximum Gasteiger partial charge on any atom is 0.120 e. The normalized spacial score (nSPS) is 21.5. The van der Waals surface area contributed by atoms with Gasteiger partial charge < -0.3 is 9.64 Å². The van der Waals surface area contributed by atoms with Crippen molar-refractivity contribution in [3.63, 3.8) is 0 Å². The first kappa shape index (κ1) is 22.6. The lowest BCUT2D eigenvalue weighted by molar-refractivity contribution is 0.0774. The highest BCUT2D eigenvalue weighted by Gasteiger charge is 2.31. The number of likely N-dealkylation sites (N-methyl/N-ethyl adjacent to an activating group) is 1. The summed E-state index contributed by atoms with van der Waals surface area (Å²) in [6.45, 7) is 5.18. The minimum absolute atomic E-state index is 0.216. The van der Waals surface area contributed by atoms with Crippen LogP contribution in [0.25, 0.3) is 0 Å². The smallest absolute Gasteiger partial charge is 0.120 e. The van der Waals surface area contributed by atoms with Gasteiger partial charge in [0.25, 0.3) is 0 Å². The fourth-order valence-corrected chi connectivity index (χ4v) is 5.51. The summed E-state index contributed by atoms with van der Waals surface area (Å²) in [7, 11) is 4.17. The van der Waals surface area contributed by atoms with Gasteiger partial charge in [-0.05, 0) is 93.8 Å². The molecule has 2 nitrogen and oxygen atoms in total. The first-order chi connectivity index (χ1) is 15.4. The van der Waals surface area contributed by atoms with Crippen LogP contribution in [0.3, 0.4) is 0 Å². The molecule has 0 aliphatic heterocycles. The molecule has 2 heteroatoms. The fraction of sp³-hybridized carbons (Fsp3) is 0.400. The summed E-state index contributed by atoms with van der Waals surface area (Å²) < 4.78 is 6.29. The molecule has 1 aliphatic carbocycles. The Morgan fingerprint density at radius 3 is 1.47 bits per heavy atom. The van der Waals surface area contributed by atoms with Gasteiger partial charge in [-0.1, -0.05) is 72.8 Å². The first-order valence-electron chi connectivity index (χ1n) is 11.9. The van der Waals surface area contributed by atoms with Crippen molar-refractivity contribution in [2.75, 3.05) is 20.6 Å². The van der Waals surface area contributed by atoms with Crippen molar-refractivity contribution < 1.29 is 4.74 Å². The minimum Gasteiger partial charge on any atom is -0.487 e. The molecule has 2 unspecified atom stereocenters. The van der Waals surface area contributed by atoms with Crippen molar-refractivity contribution in [2.24, 2.45) is 0 Å². The minimum atomic E-state index is -0.216. The van der Waals surface area contributed by atoms with E-state index >= 15 is 0 Å². The highest BCUT2D eigenvalue weighted by Crippen LogP contribution is 2.48. The van der Waals surface area contributed by atoms with Gasteiger partial charge >= 0.3 is 0 Å². The maximum absolute atomic E-state index is 6.29. The Hall–Kier alpha value is -2.58. The second-order valence-corrected chi connectivity index (χ2v) is 10.3. The van der Waals surface area contributed by atoms with Gasteiger partial charge in [0.1, 0.15) is 11.4 Å². The van der Waals surface area contributed by atoms with Gasteiger partial charge in [-0.15, -0.1) is 0 Å². The molecule has 0 heterocycles. The third-order valence-corrected chi connectivity index (χ3v) is 6.69. The number of hydrogen-bond donors (Lipinski definition) is 0. The van der Waals surface area contributed by atoms with Crippen LogP contribution in [0.2, 0.25) is 0 Å². The van der Waals surface area contributed by atoms with E-state index < -0.39 is 0 Å². The standard InChI is InChI=1S/C30H37NO/c1-30(2,22-31(3)4)32-29-17-15-25(16-18-29)28-20-26(23-11-7-5-8-12-23)19-27(21-28)24-13-9-6-10-14-24/h5-18,26-28H,19-22H2,1-4H3. The van der Waals surface area contributed by atoms with Gasteiger partial charge in [0.2, 0.25) is 0 Å². The second-order valence-electron chi connectivity index (χ2n) is 10.3. The van der Waals surface area contributed by atoms with Crippen LogP contribution in [0.1, 0.15) is 67.6 Å². The second kappa shape index (κ2) is 9.92. The molecule has 0 bridgehead atoms. The largest absolute Gasteiger partial charge is 0.487 e. The molecule has 3 aromatic carbocycles. The maximum atomic E-state index is 6.29. The summed E-state index contributed by atoms with van der Waals surface area (Å²) in [5.41, 5.74) is 4.17. The zero-order chi connectivity index (χ0) is 22.6. The van der Waals surface area contributed by atoms with Crippen molar-refractivity contribution in [2.45, 2.75) is 56.5 Å². The average molecular weight is 428 g/mol. The molecule has 4 rings (SSSR count). The summed E-state index contributed by atoms with van der Waals surface area (Å²) >= 11 is 0. The van der Waals surface area contributed by atoms with E-state index in [2.05, 4.69) is 118 Å². The van der Waals surface area contributed by atoms with Gasteiger partial charge in [0.05, 0.1) is 0 Å². The van der Waals surface area contributed by atoms with Crippen molar-refractivity contribution in [3.05, 3.63) is 102 Å².